The molecular weight excluding hydrogens is 254 g/mol. The summed E-state index contributed by atoms with van der Waals surface area (Å²) in [6.45, 7) is 0.263. The van der Waals surface area contributed by atoms with Gasteiger partial charge in [-0.05, 0) is 31.4 Å². The van der Waals surface area contributed by atoms with E-state index in [0.29, 0.717) is 5.82 Å². The van der Waals surface area contributed by atoms with E-state index < -0.39 is 0 Å². The van der Waals surface area contributed by atoms with Gasteiger partial charge in [-0.1, -0.05) is 12.1 Å². The highest BCUT2D eigenvalue weighted by Gasteiger charge is 2.45. The molecule has 1 saturated carbocycles. The topological polar surface area (TPSA) is 66.1 Å². The number of nitrogens with zero attached hydrogens (tertiary/aromatic N) is 2. The molecule has 2 heterocycles. The van der Waals surface area contributed by atoms with E-state index in [1.54, 1.807) is 0 Å². The van der Waals surface area contributed by atoms with Crippen molar-refractivity contribution in [3.05, 3.63) is 30.1 Å². The summed E-state index contributed by atoms with van der Waals surface area (Å²) in [5, 5.41) is 0. The number of carbonyl (C=O) groups excluding carboxylic acids is 2. The Morgan fingerprint density at radius 2 is 1.85 bits per heavy atom. The third-order valence-corrected chi connectivity index (χ3v) is 4.41. The van der Waals surface area contributed by atoms with Crippen molar-refractivity contribution in [3.8, 4) is 0 Å². The van der Waals surface area contributed by atoms with E-state index in [0.717, 1.165) is 30.3 Å². The van der Waals surface area contributed by atoms with Gasteiger partial charge >= 0.3 is 0 Å². The Labute approximate surface area is 116 Å². The first kappa shape index (κ1) is 11.6. The quantitative estimate of drug-likeness (QED) is 0.846. The largest absolute Gasteiger partial charge is 0.340 e. The number of carbonyl (C=O) groups is 2. The van der Waals surface area contributed by atoms with Crippen molar-refractivity contribution in [1.82, 2.24) is 14.9 Å². The van der Waals surface area contributed by atoms with Crippen molar-refractivity contribution in [1.29, 1.82) is 0 Å². The van der Waals surface area contributed by atoms with Crippen molar-refractivity contribution in [2.75, 3.05) is 0 Å². The van der Waals surface area contributed by atoms with E-state index in [4.69, 9.17) is 0 Å². The highest BCUT2D eigenvalue weighted by Crippen LogP contribution is 2.38. The fraction of sp³-hybridized carbons (Fsp3) is 0.400. The summed E-state index contributed by atoms with van der Waals surface area (Å²) in [5.41, 5.74) is 1.80. The van der Waals surface area contributed by atoms with Crippen LogP contribution in [-0.2, 0) is 16.1 Å². The van der Waals surface area contributed by atoms with Crippen LogP contribution in [0.1, 0.15) is 25.1 Å². The predicted octanol–water partition coefficient (Wildman–Crippen LogP) is 1.85. The number of fused-ring (bicyclic) bond motifs is 3. The van der Waals surface area contributed by atoms with Crippen LogP contribution in [0.15, 0.2) is 24.3 Å². The first-order valence-electron chi connectivity index (χ1n) is 7.01. The number of para-hydroxylation sites is 2. The van der Waals surface area contributed by atoms with Crippen LogP contribution in [0.25, 0.3) is 11.0 Å². The zero-order chi connectivity index (χ0) is 13.7. The van der Waals surface area contributed by atoms with Crippen molar-refractivity contribution in [2.45, 2.75) is 25.8 Å². The standard InChI is InChI=1S/C15H15N3O2/c19-14-9-5-6-10(7-9)15(20)18(14)8-13-16-11-3-1-2-4-12(11)17-13/h1-4,9-10H,5-8H2,(H,16,17). The SMILES string of the molecule is O=C1C2CCC(C2)C(=O)N1Cc1nc2ccccc2[nH]1. The minimum Gasteiger partial charge on any atom is -0.340 e. The van der Waals surface area contributed by atoms with Gasteiger partial charge in [-0.15, -0.1) is 0 Å². The molecule has 2 aliphatic rings. The van der Waals surface area contributed by atoms with E-state index >= 15 is 0 Å². The maximum absolute atomic E-state index is 12.3. The molecule has 1 saturated heterocycles. The van der Waals surface area contributed by atoms with Gasteiger partial charge in [0, 0.05) is 11.8 Å². The summed E-state index contributed by atoms with van der Waals surface area (Å²) < 4.78 is 0. The number of piperidine rings is 1. The fourth-order valence-electron chi connectivity index (χ4n) is 3.37. The van der Waals surface area contributed by atoms with Gasteiger partial charge in [0.15, 0.2) is 0 Å². The monoisotopic (exact) mass is 269 g/mol. The Bertz CT molecular complexity index is 651. The van der Waals surface area contributed by atoms with Crippen molar-refractivity contribution in [2.24, 2.45) is 11.8 Å². The molecule has 1 aliphatic heterocycles. The number of hydrogen-bond acceptors (Lipinski definition) is 3. The lowest BCUT2D eigenvalue weighted by molar-refractivity contribution is -0.153. The van der Waals surface area contributed by atoms with Crippen LogP contribution in [0, 0.1) is 11.8 Å². The molecule has 1 N–H and O–H groups in total. The number of amides is 2. The van der Waals surface area contributed by atoms with Crippen LogP contribution in [0.2, 0.25) is 0 Å². The van der Waals surface area contributed by atoms with E-state index in [-0.39, 0.29) is 30.2 Å². The number of likely N-dealkylation sites (tertiary alicyclic amines) is 1. The minimum atomic E-state index is -0.0239. The van der Waals surface area contributed by atoms with Gasteiger partial charge in [0.2, 0.25) is 11.8 Å². The van der Waals surface area contributed by atoms with Crippen LogP contribution in [-0.4, -0.2) is 26.7 Å². The maximum atomic E-state index is 12.3. The van der Waals surface area contributed by atoms with Crippen molar-refractivity contribution < 1.29 is 9.59 Å². The van der Waals surface area contributed by atoms with Crippen LogP contribution in [0.3, 0.4) is 0 Å². The number of rotatable bonds is 2. The average Bonchev–Trinajstić information content (AvgIpc) is 3.06. The molecule has 2 unspecified atom stereocenters. The van der Waals surface area contributed by atoms with Crippen LogP contribution in [0.4, 0.5) is 0 Å². The number of benzene rings is 1. The molecule has 0 spiro atoms. The van der Waals surface area contributed by atoms with Gasteiger partial charge in [0.1, 0.15) is 5.82 Å². The van der Waals surface area contributed by atoms with Crippen LogP contribution >= 0.6 is 0 Å². The minimum absolute atomic E-state index is 0.0239. The second-order valence-electron chi connectivity index (χ2n) is 5.67. The molecule has 2 amide bonds. The molecule has 102 valence electrons. The zero-order valence-corrected chi connectivity index (χ0v) is 11.0. The Morgan fingerprint density at radius 3 is 2.55 bits per heavy atom. The summed E-state index contributed by atoms with van der Waals surface area (Å²) in [5.74, 6) is 0.715. The Kier molecular flexibility index (Phi) is 2.42. The first-order chi connectivity index (χ1) is 9.72. The lowest BCUT2D eigenvalue weighted by Crippen LogP contribution is -2.45. The summed E-state index contributed by atoms with van der Waals surface area (Å²) in [6, 6.07) is 7.71. The van der Waals surface area contributed by atoms with Gasteiger partial charge < -0.3 is 4.98 Å². The van der Waals surface area contributed by atoms with Crippen molar-refractivity contribution in [3.63, 3.8) is 0 Å². The highest BCUT2D eigenvalue weighted by atomic mass is 16.2. The summed E-state index contributed by atoms with van der Waals surface area (Å²) >= 11 is 0. The molecule has 5 nitrogen and oxygen atoms in total. The lowest BCUT2D eigenvalue weighted by atomic mass is 9.97. The van der Waals surface area contributed by atoms with Gasteiger partial charge in [0.05, 0.1) is 17.6 Å². The molecule has 5 heteroatoms. The molecule has 1 aliphatic carbocycles. The molecule has 1 aromatic heterocycles. The summed E-state index contributed by atoms with van der Waals surface area (Å²) in [4.78, 5) is 33.6. The van der Waals surface area contributed by atoms with Gasteiger partial charge in [-0.3, -0.25) is 14.5 Å². The first-order valence-corrected chi connectivity index (χ1v) is 7.01. The molecule has 1 aromatic carbocycles. The van der Waals surface area contributed by atoms with Gasteiger partial charge in [0.25, 0.3) is 0 Å². The number of aromatic amines is 1. The number of imidazole rings is 1. The molecule has 2 aromatic rings. The molecule has 4 rings (SSSR count). The van der Waals surface area contributed by atoms with Gasteiger partial charge in [-0.2, -0.15) is 0 Å². The van der Waals surface area contributed by atoms with Crippen molar-refractivity contribution >= 4 is 22.8 Å². The van der Waals surface area contributed by atoms with Gasteiger partial charge in [-0.25, -0.2) is 4.98 Å². The number of aromatic nitrogens is 2. The Balaban J connectivity index is 1.64. The Hall–Kier alpha value is -2.17. The molecule has 2 bridgehead atoms. The summed E-state index contributed by atoms with van der Waals surface area (Å²) in [6.07, 6.45) is 2.45. The van der Waals surface area contributed by atoms with E-state index in [1.807, 2.05) is 24.3 Å². The third-order valence-electron chi connectivity index (χ3n) is 4.41. The summed E-state index contributed by atoms with van der Waals surface area (Å²) in [7, 11) is 0. The van der Waals surface area contributed by atoms with Crippen LogP contribution < -0.4 is 0 Å². The third kappa shape index (κ3) is 1.66. The molecule has 20 heavy (non-hydrogen) atoms. The second kappa shape index (κ2) is 4.16. The highest BCUT2D eigenvalue weighted by molar-refractivity contribution is 6.00. The number of H-pyrrole nitrogens is 1. The number of nitrogens with one attached hydrogen (secondary N) is 1. The van der Waals surface area contributed by atoms with E-state index in [1.165, 1.54) is 4.90 Å². The maximum Gasteiger partial charge on any atom is 0.232 e. The number of imide groups is 1. The fourth-order valence-corrected chi connectivity index (χ4v) is 3.37. The van der Waals surface area contributed by atoms with Crippen LogP contribution in [0.5, 0.6) is 0 Å². The lowest BCUT2D eigenvalue weighted by Gasteiger charge is -2.28. The van der Waals surface area contributed by atoms with E-state index in [9.17, 15) is 9.59 Å². The smallest absolute Gasteiger partial charge is 0.232 e. The average molecular weight is 269 g/mol. The second-order valence-corrected chi connectivity index (χ2v) is 5.67. The molecular formula is C15H15N3O2. The predicted molar refractivity (Wildman–Crippen MR) is 72.5 cm³/mol. The Morgan fingerprint density at radius 1 is 1.15 bits per heavy atom. The zero-order valence-electron chi connectivity index (χ0n) is 11.0. The molecule has 2 atom stereocenters. The molecule has 0 radical (unpaired) electrons. The normalized spacial score (nSPS) is 25.7. The number of hydrogen-bond donors (Lipinski definition) is 1. The molecule has 2 fully saturated rings. The van der Waals surface area contributed by atoms with E-state index in [2.05, 4.69) is 9.97 Å².